The minimum atomic E-state index is -1.57. The summed E-state index contributed by atoms with van der Waals surface area (Å²) in [4.78, 5) is 45.8. The van der Waals surface area contributed by atoms with Crippen LogP contribution in [0.15, 0.2) is 66.7 Å². The molecule has 0 bridgehead atoms. The predicted octanol–water partition coefficient (Wildman–Crippen LogP) is 6.41. The first-order valence-electron chi connectivity index (χ1n) is 13.3. The van der Waals surface area contributed by atoms with Crippen molar-refractivity contribution in [3.05, 3.63) is 94.0 Å². The summed E-state index contributed by atoms with van der Waals surface area (Å²) < 4.78 is 11.1. The molecule has 7 heteroatoms. The van der Waals surface area contributed by atoms with E-state index in [4.69, 9.17) is 21.1 Å². The van der Waals surface area contributed by atoms with Crippen molar-refractivity contribution in [3.8, 4) is 11.5 Å². The third kappa shape index (κ3) is 3.45. The Labute approximate surface area is 238 Å². The molecule has 1 spiro atoms. The molecule has 2 aliphatic heterocycles. The molecule has 0 N–H and O–H groups in total. The molecule has 1 fully saturated rings. The number of carbonyl (C=O) groups excluding carboxylic acids is 3. The van der Waals surface area contributed by atoms with E-state index in [1.807, 2.05) is 56.0 Å². The highest BCUT2D eigenvalue weighted by Gasteiger charge is 2.72. The summed E-state index contributed by atoms with van der Waals surface area (Å²) in [6, 6.07) is 16.3. The third-order valence-corrected chi connectivity index (χ3v) is 8.78. The van der Waals surface area contributed by atoms with E-state index in [0.29, 0.717) is 33.2 Å². The van der Waals surface area contributed by atoms with Crippen LogP contribution in [0.5, 0.6) is 11.5 Å². The lowest BCUT2D eigenvalue weighted by Crippen LogP contribution is -2.49. The third-order valence-electron chi connectivity index (χ3n) is 8.54. The number of nitrogens with zero attached hydrogens (tertiary/aromatic N) is 1. The maximum atomic E-state index is 14.7. The Balaban J connectivity index is 1.70. The van der Waals surface area contributed by atoms with Crippen LogP contribution in [0.2, 0.25) is 5.02 Å². The lowest BCUT2D eigenvalue weighted by Gasteiger charge is -2.38. The average Bonchev–Trinajstić information content (AvgIpc) is 3.37. The van der Waals surface area contributed by atoms with Gasteiger partial charge in [0.25, 0.3) is 0 Å². The van der Waals surface area contributed by atoms with Crippen molar-refractivity contribution in [2.75, 3.05) is 19.1 Å². The number of hydrogen-bond acceptors (Lipinski definition) is 6. The smallest absolute Gasteiger partial charge is 0.180 e. The highest BCUT2D eigenvalue weighted by atomic mass is 35.5. The van der Waals surface area contributed by atoms with Gasteiger partial charge in [-0.15, -0.1) is 0 Å². The summed E-state index contributed by atoms with van der Waals surface area (Å²) in [6.07, 6.45) is 3.80. The Morgan fingerprint density at radius 3 is 2.15 bits per heavy atom. The monoisotopic (exact) mass is 555 g/mol. The van der Waals surface area contributed by atoms with E-state index in [0.717, 1.165) is 11.3 Å². The molecule has 0 amide bonds. The maximum Gasteiger partial charge on any atom is 0.180 e. The van der Waals surface area contributed by atoms with Crippen LogP contribution < -0.4 is 14.4 Å². The van der Waals surface area contributed by atoms with Gasteiger partial charge in [-0.2, -0.15) is 0 Å². The molecule has 3 aromatic carbocycles. The Morgan fingerprint density at radius 2 is 1.55 bits per heavy atom. The van der Waals surface area contributed by atoms with Gasteiger partial charge in [0, 0.05) is 33.2 Å². The topological polar surface area (TPSA) is 72.9 Å². The number of ether oxygens (including phenoxy) is 2. The Kier molecular flexibility index (Phi) is 5.97. The summed E-state index contributed by atoms with van der Waals surface area (Å²) in [5.41, 5.74) is 0.693. The number of rotatable bonds is 4. The van der Waals surface area contributed by atoms with Crippen molar-refractivity contribution in [2.24, 2.45) is 10.8 Å². The summed E-state index contributed by atoms with van der Waals surface area (Å²) in [5.74, 6) is -0.435. The number of hydrogen-bond donors (Lipinski definition) is 0. The molecule has 40 heavy (non-hydrogen) atoms. The van der Waals surface area contributed by atoms with Crippen molar-refractivity contribution < 1.29 is 23.9 Å². The molecular weight excluding hydrogens is 526 g/mol. The van der Waals surface area contributed by atoms with Crippen molar-refractivity contribution in [2.45, 2.75) is 38.8 Å². The zero-order chi connectivity index (χ0) is 28.6. The van der Waals surface area contributed by atoms with Gasteiger partial charge in [-0.05, 0) is 41.5 Å². The van der Waals surface area contributed by atoms with Crippen LogP contribution in [-0.2, 0) is 4.79 Å². The Bertz CT molecular complexity index is 1580. The van der Waals surface area contributed by atoms with E-state index in [-0.39, 0.29) is 17.3 Å². The molecule has 3 aliphatic rings. The van der Waals surface area contributed by atoms with E-state index < -0.39 is 28.8 Å². The summed E-state index contributed by atoms with van der Waals surface area (Å²) >= 11 is 6.35. The Morgan fingerprint density at radius 1 is 0.900 bits per heavy atom. The number of ketones is 3. The first kappa shape index (κ1) is 26.3. The number of halogens is 1. The van der Waals surface area contributed by atoms with E-state index in [2.05, 4.69) is 0 Å². The molecule has 3 aromatic rings. The van der Waals surface area contributed by atoms with Gasteiger partial charge in [-0.1, -0.05) is 74.9 Å². The molecule has 1 aliphatic carbocycles. The highest BCUT2D eigenvalue weighted by molar-refractivity contribution is 6.32. The first-order valence-corrected chi connectivity index (χ1v) is 13.6. The molecule has 2 heterocycles. The number of carbonyl (C=O) groups is 3. The summed E-state index contributed by atoms with van der Waals surface area (Å²) in [5, 5.41) is 0.561. The van der Waals surface area contributed by atoms with Crippen molar-refractivity contribution >= 4 is 40.7 Å². The molecule has 0 saturated carbocycles. The van der Waals surface area contributed by atoms with Crippen LogP contribution in [0.4, 0.5) is 5.69 Å². The second-order valence-electron chi connectivity index (χ2n) is 11.6. The molecule has 204 valence electrons. The summed E-state index contributed by atoms with van der Waals surface area (Å²) in [6.45, 7) is 5.61. The molecule has 6 nitrogen and oxygen atoms in total. The van der Waals surface area contributed by atoms with E-state index in [1.165, 1.54) is 7.11 Å². The summed E-state index contributed by atoms with van der Waals surface area (Å²) in [7, 11) is 3.09. The zero-order valence-corrected chi connectivity index (χ0v) is 23.8. The lowest BCUT2D eigenvalue weighted by molar-refractivity contribution is -0.127. The standard InChI is InChI=1S/C33H30ClNO5/c1-32(2,3)31(38)28-27(19-10-14-24(39-4)25(17-19)40-5)33(29(36)21-8-6-7-9-22(21)30(33)37)26-15-11-18-16-20(34)12-13-23(18)35(26)28/h6-17,26-28H,1-5H3. The second-order valence-corrected chi connectivity index (χ2v) is 12.1. The van der Waals surface area contributed by atoms with Gasteiger partial charge in [0.2, 0.25) is 0 Å². The lowest BCUT2D eigenvalue weighted by atomic mass is 9.63. The second kappa shape index (κ2) is 9.07. The van der Waals surface area contributed by atoms with Crippen LogP contribution in [0, 0.1) is 10.8 Å². The largest absolute Gasteiger partial charge is 0.493 e. The highest BCUT2D eigenvalue weighted by Crippen LogP contribution is 2.61. The van der Waals surface area contributed by atoms with Crippen LogP contribution in [-0.4, -0.2) is 43.7 Å². The molecule has 6 rings (SSSR count). The van der Waals surface area contributed by atoms with Crippen LogP contribution in [0.1, 0.15) is 58.5 Å². The molecule has 1 saturated heterocycles. The maximum absolute atomic E-state index is 14.7. The zero-order valence-electron chi connectivity index (χ0n) is 23.0. The first-order chi connectivity index (χ1) is 19.0. The average molecular weight is 556 g/mol. The molecule has 3 unspecified atom stereocenters. The quantitative estimate of drug-likeness (QED) is 0.347. The van der Waals surface area contributed by atoms with Crippen molar-refractivity contribution in [1.82, 2.24) is 0 Å². The fourth-order valence-electron chi connectivity index (χ4n) is 6.81. The SMILES string of the molecule is COc1ccc(C2C(C(=O)C(C)(C)C)N3c4ccc(Cl)cc4C=CC3C23C(=O)c2ccccc2C3=O)cc1OC. The number of Topliss-reactive ketones (excluding diaryl/α,β-unsaturated/α-hetero) is 3. The molecule has 0 aromatic heterocycles. The molecular formula is C33H30ClNO5. The van der Waals surface area contributed by atoms with Gasteiger partial charge in [0.15, 0.2) is 28.8 Å². The van der Waals surface area contributed by atoms with Crippen LogP contribution in [0.25, 0.3) is 6.08 Å². The molecule has 0 radical (unpaired) electrons. The van der Waals surface area contributed by atoms with Crippen LogP contribution in [0.3, 0.4) is 0 Å². The van der Waals surface area contributed by atoms with Crippen molar-refractivity contribution in [3.63, 3.8) is 0 Å². The number of anilines is 1. The van der Waals surface area contributed by atoms with Gasteiger partial charge in [0.05, 0.1) is 26.3 Å². The fourth-order valence-corrected chi connectivity index (χ4v) is 6.99. The fraction of sp³-hybridized carbons (Fsp3) is 0.303. The van der Waals surface area contributed by atoms with E-state index in [9.17, 15) is 14.4 Å². The minimum Gasteiger partial charge on any atom is -0.493 e. The van der Waals surface area contributed by atoms with Gasteiger partial charge in [0.1, 0.15) is 5.41 Å². The molecule has 3 atom stereocenters. The van der Waals surface area contributed by atoms with Gasteiger partial charge >= 0.3 is 0 Å². The van der Waals surface area contributed by atoms with Gasteiger partial charge < -0.3 is 14.4 Å². The van der Waals surface area contributed by atoms with Gasteiger partial charge in [-0.3, -0.25) is 14.4 Å². The van der Waals surface area contributed by atoms with E-state index >= 15 is 0 Å². The van der Waals surface area contributed by atoms with Crippen LogP contribution >= 0.6 is 11.6 Å². The van der Waals surface area contributed by atoms with E-state index in [1.54, 1.807) is 49.6 Å². The predicted molar refractivity (Wildman–Crippen MR) is 155 cm³/mol. The Hall–Kier alpha value is -3.90. The van der Waals surface area contributed by atoms with Gasteiger partial charge in [-0.25, -0.2) is 0 Å². The van der Waals surface area contributed by atoms with Crippen molar-refractivity contribution in [1.29, 1.82) is 0 Å². The number of benzene rings is 3. The number of fused-ring (bicyclic) bond motifs is 5. The number of methoxy groups -OCH3 is 2. The minimum absolute atomic E-state index is 0.0677. The normalized spacial score (nSPS) is 22.2.